The summed E-state index contributed by atoms with van der Waals surface area (Å²) in [5.41, 5.74) is 3.91. The minimum Gasteiger partial charge on any atom is -0.493 e. The molecule has 0 saturated heterocycles. The lowest BCUT2D eigenvalue weighted by Gasteiger charge is -2.25. The SMILES string of the molecule is CCN(C(=O)NC)c1ccc2c(c1)/C(=C/c1c[nH]cn1)CCO2. The molecule has 0 unspecified atom stereocenters. The van der Waals surface area contributed by atoms with E-state index in [9.17, 15) is 4.79 Å². The molecule has 3 rings (SSSR count). The van der Waals surface area contributed by atoms with E-state index in [-0.39, 0.29) is 6.03 Å². The molecule has 0 radical (unpaired) electrons. The number of rotatable bonds is 3. The van der Waals surface area contributed by atoms with Crippen molar-refractivity contribution in [1.82, 2.24) is 15.3 Å². The monoisotopic (exact) mass is 312 g/mol. The van der Waals surface area contributed by atoms with Crippen LogP contribution in [0.15, 0.2) is 30.7 Å². The van der Waals surface area contributed by atoms with E-state index in [4.69, 9.17) is 4.74 Å². The van der Waals surface area contributed by atoms with Gasteiger partial charge in [0.05, 0.1) is 18.6 Å². The fourth-order valence-corrected chi connectivity index (χ4v) is 2.73. The van der Waals surface area contributed by atoms with Crippen LogP contribution in [0, 0.1) is 0 Å². The number of H-pyrrole nitrogens is 1. The van der Waals surface area contributed by atoms with E-state index >= 15 is 0 Å². The molecule has 1 aliphatic rings. The van der Waals surface area contributed by atoms with Crippen molar-refractivity contribution in [3.05, 3.63) is 42.0 Å². The number of urea groups is 1. The number of carbonyl (C=O) groups is 1. The zero-order valence-electron chi connectivity index (χ0n) is 13.3. The summed E-state index contributed by atoms with van der Waals surface area (Å²) in [6, 6.07) is 5.72. The molecule has 2 amide bonds. The first-order chi connectivity index (χ1) is 11.2. The lowest BCUT2D eigenvalue weighted by Crippen LogP contribution is -2.38. The highest BCUT2D eigenvalue weighted by atomic mass is 16.5. The first-order valence-electron chi connectivity index (χ1n) is 7.68. The third-order valence-corrected chi connectivity index (χ3v) is 3.87. The maximum absolute atomic E-state index is 12.0. The second-order valence-electron chi connectivity index (χ2n) is 5.24. The first-order valence-corrected chi connectivity index (χ1v) is 7.68. The van der Waals surface area contributed by atoms with E-state index < -0.39 is 0 Å². The fraction of sp³-hybridized carbons (Fsp3) is 0.294. The van der Waals surface area contributed by atoms with E-state index in [0.717, 1.165) is 34.7 Å². The van der Waals surface area contributed by atoms with Gasteiger partial charge in [0.2, 0.25) is 0 Å². The average molecular weight is 312 g/mol. The summed E-state index contributed by atoms with van der Waals surface area (Å²) < 4.78 is 5.74. The third-order valence-electron chi connectivity index (χ3n) is 3.87. The topological polar surface area (TPSA) is 70.2 Å². The van der Waals surface area contributed by atoms with Gasteiger partial charge in [-0.1, -0.05) is 0 Å². The number of fused-ring (bicyclic) bond motifs is 1. The molecule has 0 saturated carbocycles. The predicted octanol–water partition coefficient (Wildman–Crippen LogP) is 2.90. The number of anilines is 1. The molecule has 2 aromatic rings. The van der Waals surface area contributed by atoms with Gasteiger partial charge in [-0.25, -0.2) is 9.78 Å². The number of benzene rings is 1. The molecule has 6 nitrogen and oxygen atoms in total. The second kappa shape index (κ2) is 6.56. The van der Waals surface area contributed by atoms with E-state index in [1.807, 2.05) is 31.3 Å². The molecule has 2 N–H and O–H groups in total. The van der Waals surface area contributed by atoms with Crippen molar-refractivity contribution in [1.29, 1.82) is 0 Å². The number of imidazole rings is 1. The van der Waals surface area contributed by atoms with E-state index in [0.29, 0.717) is 13.2 Å². The van der Waals surface area contributed by atoms with Crippen LogP contribution in [0.3, 0.4) is 0 Å². The van der Waals surface area contributed by atoms with E-state index in [1.165, 1.54) is 0 Å². The Labute approximate surface area is 135 Å². The predicted molar refractivity (Wildman–Crippen MR) is 90.5 cm³/mol. The Kier molecular flexibility index (Phi) is 4.32. The summed E-state index contributed by atoms with van der Waals surface area (Å²) >= 11 is 0. The lowest BCUT2D eigenvalue weighted by atomic mass is 9.98. The summed E-state index contributed by atoms with van der Waals surface area (Å²) in [6.07, 6.45) is 6.38. The van der Waals surface area contributed by atoms with Crippen molar-refractivity contribution >= 4 is 23.4 Å². The van der Waals surface area contributed by atoms with Crippen LogP contribution in [-0.4, -0.2) is 36.2 Å². The van der Waals surface area contributed by atoms with Gasteiger partial charge in [-0.05, 0) is 36.8 Å². The van der Waals surface area contributed by atoms with Crippen LogP contribution in [0.2, 0.25) is 0 Å². The number of amides is 2. The molecule has 0 atom stereocenters. The maximum atomic E-state index is 12.0. The van der Waals surface area contributed by atoms with Crippen LogP contribution < -0.4 is 15.0 Å². The highest BCUT2D eigenvalue weighted by molar-refractivity contribution is 5.93. The quantitative estimate of drug-likeness (QED) is 0.915. The number of nitrogens with zero attached hydrogens (tertiary/aromatic N) is 2. The fourth-order valence-electron chi connectivity index (χ4n) is 2.73. The average Bonchev–Trinajstić information content (AvgIpc) is 3.09. The molecule has 0 aliphatic carbocycles. The number of ether oxygens (including phenoxy) is 1. The molecule has 0 spiro atoms. The highest BCUT2D eigenvalue weighted by Gasteiger charge is 2.19. The van der Waals surface area contributed by atoms with Gasteiger partial charge < -0.3 is 15.0 Å². The molecule has 0 fully saturated rings. The Morgan fingerprint density at radius 3 is 3.09 bits per heavy atom. The Balaban J connectivity index is 2.01. The summed E-state index contributed by atoms with van der Waals surface area (Å²) in [6.45, 7) is 3.19. The van der Waals surface area contributed by atoms with E-state index in [2.05, 4.69) is 21.4 Å². The van der Waals surface area contributed by atoms with Gasteiger partial charge >= 0.3 is 6.03 Å². The maximum Gasteiger partial charge on any atom is 0.321 e. The van der Waals surface area contributed by atoms with Gasteiger partial charge in [0.15, 0.2) is 0 Å². The molecule has 120 valence electrons. The van der Waals surface area contributed by atoms with Gasteiger partial charge in [0.25, 0.3) is 0 Å². The molecule has 6 heteroatoms. The number of hydrogen-bond donors (Lipinski definition) is 2. The van der Waals surface area contributed by atoms with Crippen LogP contribution in [0.1, 0.15) is 24.6 Å². The van der Waals surface area contributed by atoms with Crippen molar-refractivity contribution in [2.24, 2.45) is 0 Å². The molecular weight excluding hydrogens is 292 g/mol. The summed E-state index contributed by atoms with van der Waals surface area (Å²) in [7, 11) is 1.63. The Hall–Kier alpha value is -2.76. The summed E-state index contributed by atoms with van der Waals surface area (Å²) in [5, 5.41) is 2.67. The van der Waals surface area contributed by atoms with Crippen molar-refractivity contribution in [2.75, 3.05) is 25.1 Å². The van der Waals surface area contributed by atoms with Crippen LogP contribution in [0.4, 0.5) is 10.5 Å². The van der Waals surface area contributed by atoms with Crippen molar-refractivity contribution in [3.63, 3.8) is 0 Å². The van der Waals surface area contributed by atoms with Crippen molar-refractivity contribution in [2.45, 2.75) is 13.3 Å². The lowest BCUT2D eigenvalue weighted by molar-refractivity contribution is 0.248. The molecule has 1 aliphatic heterocycles. The minimum atomic E-state index is -0.123. The molecule has 0 bridgehead atoms. The Morgan fingerprint density at radius 2 is 2.39 bits per heavy atom. The zero-order valence-corrected chi connectivity index (χ0v) is 13.3. The Morgan fingerprint density at radius 1 is 1.52 bits per heavy atom. The molecular formula is C17H20N4O2. The number of aromatic amines is 1. The third kappa shape index (κ3) is 3.06. The van der Waals surface area contributed by atoms with Gasteiger partial charge in [0.1, 0.15) is 5.75 Å². The van der Waals surface area contributed by atoms with Crippen LogP contribution in [0.25, 0.3) is 11.6 Å². The summed E-state index contributed by atoms with van der Waals surface area (Å²) in [5.74, 6) is 0.842. The second-order valence-corrected chi connectivity index (χ2v) is 5.24. The standard InChI is InChI=1S/C17H20N4O2/c1-3-21(17(22)18-2)14-4-5-16-15(9-14)12(6-7-23-16)8-13-10-19-11-20-13/h4-5,8-11H,3,6-7H2,1-2H3,(H,18,22)(H,19,20)/b12-8+. The van der Waals surface area contributed by atoms with Gasteiger partial charge in [-0.15, -0.1) is 0 Å². The zero-order chi connectivity index (χ0) is 16.2. The summed E-state index contributed by atoms with van der Waals surface area (Å²) in [4.78, 5) is 20.9. The van der Waals surface area contributed by atoms with Gasteiger partial charge in [0, 0.05) is 37.5 Å². The number of carbonyl (C=O) groups excluding carboxylic acids is 1. The van der Waals surface area contributed by atoms with Crippen LogP contribution in [0.5, 0.6) is 5.75 Å². The smallest absolute Gasteiger partial charge is 0.321 e. The number of aromatic nitrogens is 2. The Bertz CT molecular complexity index is 722. The largest absolute Gasteiger partial charge is 0.493 e. The number of nitrogens with one attached hydrogen (secondary N) is 2. The van der Waals surface area contributed by atoms with Crippen LogP contribution >= 0.6 is 0 Å². The minimum absolute atomic E-state index is 0.123. The van der Waals surface area contributed by atoms with Crippen molar-refractivity contribution < 1.29 is 9.53 Å². The van der Waals surface area contributed by atoms with Gasteiger partial charge in [-0.2, -0.15) is 0 Å². The van der Waals surface area contributed by atoms with Gasteiger partial charge in [-0.3, -0.25) is 4.90 Å². The highest BCUT2D eigenvalue weighted by Crippen LogP contribution is 2.36. The molecule has 1 aromatic carbocycles. The number of hydrogen-bond acceptors (Lipinski definition) is 3. The molecule has 1 aromatic heterocycles. The first kappa shape index (κ1) is 15.1. The molecule has 23 heavy (non-hydrogen) atoms. The molecule has 2 heterocycles. The van der Waals surface area contributed by atoms with Crippen LogP contribution in [-0.2, 0) is 0 Å². The van der Waals surface area contributed by atoms with E-state index in [1.54, 1.807) is 18.3 Å². The van der Waals surface area contributed by atoms with Crippen molar-refractivity contribution in [3.8, 4) is 5.75 Å². The normalized spacial score (nSPS) is 15.0.